The summed E-state index contributed by atoms with van der Waals surface area (Å²) >= 11 is 0. The van der Waals surface area contributed by atoms with Crippen LogP contribution in [0.4, 0.5) is 0 Å². The zero-order valence-electron chi connectivity index (χ0n) is 10.7. The summed E-state index contributed by atoms with van der Waals surface area (Å²) in [6, 6.07) is 5.73. The van der Waals surface area contributed by atoms with Gasteiger partial charge in [-0.3, -0.25) is 9.78 Å². The summed E-state index contributed by atoms with van der Waals surface area (Å²) in [6.07, 6.45) is 5.84. The van der Waals surface area contributed by atoms with E-state index in [9.17, 15) is 4.79 Å². The van der Waals surface area contributed by atoms with Crippen LogP contribution < -0.4 is 10.6 Å². The number of carbonyl (C=O) groups excluding carboxylic acids is 1. The summed E-state index contributed by atoms with van der Waals surface area (Å²) in [4.78, 5) is 15.9. The monoisotopic (exact) mass is 247 g/mol. The molecule has 1 amide bonds. The van der Waals surface area contributed by atoms with E-state index in [-0.39, 0.29) is 5.91 Å². The lowest BCUT2D eigenvalue weighted by Crippen LogP contribution is -2.31. The molecule has 1 unspecified atom stereocenters. The highest BCUT2D eigenvalue weighted by molar-refractivity contribution is 5.75. The van der Waals surface area contributed by atoms with E-state index in [2.05, 4.69) is 15.6 Å². The van der Waals surface area contributed by atoms with Crippen molar-refractivity contribution in [2.24, 2.45) is 5.92 Å². The van der Waals surface area contributed by atoms with Crippen LogP contribution in [-0.2, 0) is 11.3 Å². The van der Waals surface area contributed by atoms with Crippen molar-refractivity contribution < 1.29 is 4.79 Å². The Labute approximate surface area is 108 Å². The molecule has 18 heavy (non-hydrogen) atoms. The largest absolute Gasteiger partial charge is 0.350 e. The Hall–Kier alpha value is -1.42. The maximum Gasteiger partial charge on any atom is 0.220 e. The van der Waals surface area contributed by atoms with Gasteiger partial charge in [-0.15, -0.1) is 0 Å². The van der Waals surface area contributed by atoms with E-state index in [4.69, 9.17) is 0 Å². The van der Waals surface area contributed by atoms with Crippen LogP contribution in [0.25, 0.3) is 0 Å². The second kappa shape index (κ2) is 7.11. The van der Waals surface area contributed by atoms with Gasteiger partial charge in [0.1, 0.15) is 0 Å². The van der Waals surface area contributed by atoms with Crippen LogP contribution in [-0.4, -0.2) is 24.0 Å². The normalized spacial score (nSPS) is 19.4. The third kappa shape index (κ3) is 4.45. The van der Waals surface area contributed by atoms with E-state index < -0.39 is 0 Å². The third-order valence-electron chi connectivity index (χ3n) is 3.37. The number of hydrogen-bond acceptors (Lipinski definition) is 3. The van der Waals surface area contributed by atoms with Crippen LogP contribution in [0.5, 0.6) is 0 Å². The molecule has 98 valence electrons. The van der Waals surface area contributed by atoms with Crippen LogP contribution in [0.3, 0.4) is 0 Å². The second-order valence-corrected chi connectivity index (χ2v) is 4.85. The molecule has 4 nitrogen and oxygen atoms in total. The van der Waals surface area contributed by atoms with Gasteiger partial charge < -0.3 is 10.6 Å². The van der Waals surface area contributed by atoms with Gasteiger partial charge in [-0.1, -0.05) is 6.07 Å². The number of carbonyl (C=O) groups is 1. The molecule has 1 aromatic rings. The van der Waals surface area contributed by atoms with Crippen molar-refractivity contribution in [1.29, 1.82) is 0 Å². The summed E-state index contributed by atoms with van der Waals surface area (Å²) < 4.78 is 0. The number of rotatable bonds is 5. The highest BCUT2D eigenvalue weighted by atomic mass is 16.1. The molecule has 0 radical (unpaired) electrons. The summed E-state index contributed by atoms with van der Waals surface area (Å²) in [5, 5.41) is 6.29. The first-order chi connectivity index (χ1) is 8.84. The Bertz CT molecular complexity index is 361. The minimum Gasteiger partial charge on any atom is -0.350 e. The summed E-state index contributed by atoms with van der Waals surface area (Å²) in [7, 11) is 0. The first-order valence-electron chi connectivity index (χ1n) is 6.72. The lowest BCUT2D eigenvalue weighted by atomic mass is 9.94. The Morgan fingerprint density at radius 2 is 2.44 bits per heavy atom. The summed E-state index contributed by atoms with van der Waals surface area (Å²) in [5.74, 6) is 0.797. The predicted octanol–water partition coefficient (Wildman–Crippen LogP) is 1.48. The first-order valence-corrected chi connectivity index (χ1v) is 6.72. The van der Waals surface area contributed by atoms with Crippen molar-refractivity contribution in [2.75, 3.05) is 13.1 Å². The maximum atomic E-state index is 11.7. The highest BCUT2D eigenvalue weighted by Gasteiger charge is 2.14. The zero-order valence-corrected chi connectivity index (χ0v) is 10.7. The van der Waals surface area contributed by atoms with Gasteiger partial charge >= 0.3 is 0 Å². The molecule has 2 heterocycles. The van der Waals surface area contributed by atoms with Crippen molar-refractivity contribution in [3.63, 3.8) is 0 Å². The number of amides is 1. The number of hydrogen-bond donors (Lipinski definition) is 2. The summed E-state index contributed by atoms with van der Waals surface area (Å²) in [5.41, 5.74) is 0.908. The Morgan fingerprint density at radius 3 is 3.17 bits per heavy atom. The number of nitrogens with zero attached hydrogens (tertiary/aromatic N) is 1. The SMILES string of the molecule is O=C(CCC1CCCNC1)NCc1ccccn1. The zero-order chi connectivity index (χ0) is 12.6. The molecule has 1 aromatic heterocycles. The lowest BCUT2D eigenvalue weighted by molar-refractivity contribution is -0.121. The Morgan fingerprint density at radius 1 is 1.50 bits per heavy atom. The minimum absolute atomic E-state index is 0.131. The first kappa shape index (κ1) is 13.0. The van der Waals surface area contributed by atoms with Gasteiger partial charge in [0.25, 0.3) is 0 Å². The molecular formula is C14H21N3O. The number of nitrogens with one attached hydrogen (secondary N) is 2. The van der Waals surface area contributed by atoms with Crippen LogP contribution in [0, 0.1) is 5.92 Å². The van der Waals surface area contributed by atoms with Gasteiger partial charge in [0.05, 0.1) is 12.2 Å². The molecule has 0 aliphatic carbocycles. The predicted molar refractivity (Wildman–Crippen MR) is 70.9 cm³/mol. The van der Waals surface area contributed by atoms with Crippen molar-refractivity contribution in [3.05, 3.63) is 30.1 Å². The molecule has 1 fully saturated rings. The molecule has 0 aromatic carbocycles. The molecule has 1 atom stereocenters. The van der Waals surface area contributed by atoms with E-state index in [1.807, 2.05) is 18.2 Å². The van der Waals surface area contributed by atoms with Gasteiger partial charge in [0.15, 0.2) is 0 Å². The molecule has 0 spiro atoms. The van der Waals surface area contributed by atoms with Crippen LogP contribution in [0.1, 0.15) is 31.4 Å². The highest BCUT2D eigenvalue weighted by Crippen LogP contribution is 2.15. The van der Waals surface area contributed by atoms with Gasteiger partial charge in [0, 0.05) is 12.6 Å². The molecule has 1 aliphatic heterocycles. The van der Waals surface area contributed by atoms with Crippen molar-refractivity contribution in [3.8, 4) is 0 Å². The number of pyridine rings is 1. The Kier molecular flexibility index (Phi) is 5.15. The average molecular weight is 247 g/mol. The fourth-order valence-electron chi connectivity index (χ4n) is 2.29. The molecule has 2 N–H and O–H groups in total. The standard InChI is InChI=1S/C14H21N3O/c18-14(7-6-12-4-3-8-15-10-12)17-11-13-5-1-2-9-16-13/h1-2,5,9,12,15H,3-4,6-8,10-11H2,(H,17,18). The quantitative estimate of drug-likeness (QED) is 0.828. The van der Waals surface area contributed by atoms with Crippen LogP contribution >= 0.6 is 0 Å². The lowest BCUT2D eigenvalue weighted by Gasteiger charge is -2.22. The average Bonchev–Trinajstić information content (AvgIpc) is 2.45. The van der Waals surface area contributed by atoms with Crippen molar-refractivity contribution >= 4 is 5.91 Å². The fraction of sp³-hybridized carbons (Fsp3) is 0.571. The second-order valence-electron chi connectivity index (χ2n) is 4.85. The van der Waals surface area contributed by atoms with Crippen molar-refractivity contribution in [2.45, 2.75) is 32.2 Å². The number of aromatic nitrogens is 1. The fourth-order valence-corrected chi connectivity index (χ4v) is 2.29. The van der Waals surface area contributed by atoms with Crippen molar-refractivity contribution in [1.82, 2.24) is 15.6 Å². The molecular weight excluding hydrogens is 226 g/mol. The van der Waals surface area contributed by atoms with Gasteiger partial charge in [-0.25, -0.2) is 0 Å². The van der Waals surface area contributed by atoms with E-state index >= 15 is 0 Å². The van der Waals surface area contributed by atoms with Crippen LogP contribution in [0.15, 0.2) is 24.4 Å². The van der Waals surface area contributed by atoms with Gasteiger partial charge in [-0.2, -0.15) is 0 Å². The smallest absolute Gasteiger partial charge is 0.220 e. The molecule has 2 rings (SSSR count). The Balaban J connectivity index is 1.63. The molecule has 1 aliphatic rings. The van der Waals surface area contributed by atoms with E-state index in [0.717, 1.165) is 25.2 Å². The topological polar surface area (TPSA) is 54.0 Å². The van der Waals surface area contributed by atoms with Gasteiger partial charge in [-0.05, 0) is 50.4 Å². The molecule has 0 saturated carbocycles. The number of piperidine rings is 1. The van der Waals surface area contributed by atoms with E-state index in [1.54, 1.807) is 6.20 Å². The van der Waals surface area contributed by atoms with E-state index in [1.165, 1.54) is 12.8 Å². The molecule has 1 saturated heterocycles. The molecule has 0 bridgehead atoms. The third-order valence-corrected chi connectivity index (χ3v) is 3.37. The molecule has 4 heteroatoms. The minimum atomic E-state index is 0.131. The summed E-state index contributed by atoms with van der Waals surface area (Å²) in [6.45, 7) is 2.72. The van der Waals surface area contributed by atoms with Gasteiger partial charge in [0.2, 0.25) is 5.91 Å². The van der Waals surface area contributed by atoms with Crippen LogP contribution in [0.2, 0.25) is 0 Å². The maximum absolute atomic E-state index is 11.7. The van der Waals surface area contributed by atoms with E-state index in [0.29, 0.717) is 18.9 Å².